The molecule has 2 aromatic carbocycles. The summed E-state index contributed by atoms with van der Waals surface area (Å²) in [6.45, 7) is 3.70. The molecule has 0 atom stereocenters. The molecule has 0 aromatic heterocycles. The Hall–Kier alpha value is -2.14. The highest BCUT2D eigenvalue weighted by Gasteiger charge is 2.30. The molecule has 1 aliphatic rings. The van der Waals surface area contributed by atoms with Crippen molar-refractivity contribution in [2.24, 2.45) is 5.92 Å². The fourth-order valence-corrected chi connectivity index (χ4v) is 3.88. The Labute approximate surface area is 136 Å². The number of hydrogen-bond donors (Lipinski definition) is 1. The molecule has 0 aliphatic heterocycles. The number of ketones is 1. The van der Waals surface area contributed by atoms with Gasteiger partial charge in [-0.1, -0.05) is 17.7 Å². The molecule has 0 bridgehead atoms. The molecule has 120 valence electrons. The predicted molar refractivity (Wildman–Crippen MR) is 90.2 cm³/mol. The van der Waals surface area contributed by atoms with Gasteiger partial charge in [0, 0.05) is 17.2 Å². The van der Waals surface area contributed by atoms with E-state index in [9.17, 15) is 13.2 Å². The number of sulfonamides is 1. The highest BCUT2D eigenvalue weighted by Crippen LogP contribution is 2.32. The van der Waals surface area contributed by atoms with Crippen molar-refractivity contribution >= 4 is 21.5 Å². The summed E-state index contributed by atoms with van der Waals surface area (Å²) in [6.07, 6.45) is 1.92. The van der Waals surface area contributed by atoms with Crippen molar-refractivity contribution in [3.8, 4) is 0 Å². The molecule has 0 saturated heterocycles. The third-order valence-corrected chi connectivity index (χ3v) is 5.53. The van der Waals surface area contributed by atoms with E-state index in [0.29, 0.717) is 16.8 Å². The minimum absolute atomic E-state index is 0.147. The van der Waals surface area contributed by atoms with E-state index in [2.05, 4.69) is 4.72 Å². The van der Waals surface area contributed by atoms with E-state index < -0.39 is 10.0 Å². The predicted octanol–water partition coefficient (Wildman–Crippen LogP) is 3.70. The first-order valence-electron chi connectivity index (χ1n) is 7.61. The van der Waals surface area contributed by atoms with Crippen LogP contribution in [0.25, 0.3) is 0 Å². The van der Waals surface area contributed by atoms with Gasteiger partial charge in [-0.05, 0) is 62.6 Å². The fourth-order valence-electron chi connectivity index (χ4n) is 2.59. The van der Waals surface area contributed by atoms with Crippen molar-refractivity contribution in [1.29, 1.82) is 0 Å². The summed E-state index contributed by atoms with van der Waals surface area (Å²) < 4.78 is 27.6. The van der Waals surface area contributed by atoms with E-state index in [1.54, 1.807) is 43.3 Å². The van der Waals surface area contributed by atoms with E-state index in [4.69, 9.17) is 0 Å². The van der Waals surface area contributed by atoms with Gasteiger partial charge in [0.05, 0.1) is 4.90 Å². The number of nitrogens with one attached hydrogen (secondary N) is 1. The average Bonchev–Trinajstić information content (AvgIpc) is 3.31. The zero-order valence-corrected chi connectivity index (χ0v) is 14.0. The summed E-state index contributed by atoms with van der Waals surface area (Å²) in [7, 11) is -3.63. The molecule has 1 fully saturated rings. The Bertz CT molecular complexity index is 850. The first-order valence-corrected chi connectivity index (χ1v) is 9.09. The van der Waals surface area contributed by atoms with Gasteiger partial charge >= 0.3 is 0 Å². The van der Waals surface area contributed by atoms with Gasteiger partial charge in [-0.15, -0.1) is 0 Å². The number of rotatable bonds is 5. The molecule has 3 rings (SSSR count). The smallest absolute Gasteiger partial charge is 0.262 e. The molecule has 23 heavy (non-hydrogen) atoms. The molecule has 4 nitrogen and oxygen atoms in total. The van der Waals surface area contributed by atoms with Crippen LogP contribution in [0.2, 0.25) is 0 Å². The highest BCUT2D eigenvalue weighted by atomic mass is 32.2. The number of hydrogen-bond acceptors (Lipinski definition) is 3. The topological polar surface area (TPSA) is 63.2 Å². The monoisotopic (exact) mass is 329 g/mol. The van der Waals surface area contributed by atoms with Gasteiger partial charge in [0.1, 0.15) is 0 Å². The fraction of sp³-hybridized carbons (Fsp3) is 0.278. The SMILES string of the molecule is Cc1ccc(S(=O)(=O)Nc2ccc(C(=O)C3CC3)cc2)c(C)c1. The van der Waals surface area contributed by atoms with Crippen LogP contribution in [-0.2, 0) is 10.0 Å². The van der Waals surface area contributed by atoms with Crippen LogP contribution >= 0.6 is 0 Å². The maximum absolute atomic E-state index is 12.5. The number of carbonyl (C=O) groups is 1. The van der Waals surface area contributed by atoms with Gasteiger partial charge in [0.25, 0.3) is 10.0 Å². The van der Waals surface area contributed by atoms with Crippen molar-refractivity contribution in [1.82, 2.24) is 0 Å². The third kappa shape index (κ3) is 3.45. The van der Waals surface area contributed by atoms with Crippen LogP contribution < -0.4 is 4.72 Å². The van der Waals surface area contributed by atoms with Crippen LogP contribution in [0.15, 0.2) is 47.4 Å². The standard InChI is InChI=1S/C18H19NO3S/c1-12-3-10-17(13(2)11-12)23(21,22)19-16-8-6-15(7-9-16)18(20)14-4-5-14/h3,6-11,14,19H,4-5H2,1-2H3. The largest absolute Gasteiger partial charge is 0.294 e. The zero-order valence-electron chi connectivity index (χ0n) is 13.2. The minimum atomic E-state index is -3.63. The molecule has 1 aliphatic carbocycles. The van der Waals surface area contributed by atoms with Crippen molar-refractivity contribution in [3.63, 3.8) is 0 Å². The van der Waals surface area contributed by atoms with Crippen LogP contribution in [0.1, 0.15) is 34.3 Å². The minimum Gasteiger partial charge on any atom is -0.294 e. The van der Waals surface area contributed by atoms with Crippen molar-refractivity contribution in [3.05, 3.63) is 59.2 Å². The second-order valence-corrected chi connectivity index (χ2v) is 7.74. The highest BCUT2D eigenvalue weighted by molar-refractivity contribution is 7.92. The number of benzene rings is 2. The summed E-state index contributed by atoms with van der Waals surface area (Å²) >= 11 is 0. The number of carbonyl (C=O) groups excluding carboxylic acids is 1. The quantitative estimate of drug-likeness (QED) is 0.851. The van der Waals surface area contributed by atoms with Gasteiger partial charge in [-0.25, -0.2) is 8.42 Å². The van der Waals surface area contributed by atoms with Crippen LogP contribution in [-0.4, -0.2) is 14.2 Å². The summed E-state index contributed by atoms with van der Waals surface area (Å²) in [5, 5.41) is 0. The lowest BCUT2D eigenvalue weighted by atomic mass is 10.1. The molecule has 2 aromatic rings. The zero-order chi connectivity index (χ0) is 16.6. The summed E-state index contributed by atoms with van der Waals surface area (Å²) in [5.41, 5.74) is 2.82. The molecule has 0 spiro atoms. The Morgan fingerprint density at radius 1 is 1.04 bits per heavy atom. The van der Waals surface area contributed by atoms with E-state index in [-0.39, 0.29) is 16.6 Å². The molecule has 0 unspecified atom stereocenters. The van der Waals surface area contributed by atoms with E-state index >= 15 is 0 Å². The Balaban J connectivity index is 1.81. The lowest BCUT2D eigenvalue weighted by molar-refractivity contribution is 0.0967. The second-order valence-electron chi connectivity index (χ2n) is 6.09. The molecule has 5 heteroatoms. The molecule has 1 N–H and O–H groups in total. The van der Waals surface area contributed by atoms with Gasteiger partial charge in [0.15, 0.2) is 5.78 Å². The van der Waals surface area contributed by atoms with E-state index in [0.717, 1.165) is 18.4 Å². The molecule has 0 heterocycles. The van der Waals surface area contributed by atoms with Crippen molar-refractivity contribution in [2.45, 2.75) is 31.6 Å². The Morgan fingerprint density at radius 3 is 2.26 bits per heavy atom. The number of Topliss-reactive ketones (excluding diaryl/α,β-unsaturated/α-hetero) is 1. The lowest BCUT2D eigenvalue weighted by Gasteiger charge is -2.11. The summed E-state index contributed by atoms with van der Waals surface area (Å²) in [6, 6.07) is 11.9. The molecular weight excluding hydrogens is 310 g/mol. The first kappa shape index (κ1) is 15.7. The van der Waals surface area contributed by atoms with Gasteiger partial charge in [-0.2, -0.15) is 0 Å². The number of anilines is 1. The van der Waals surface area contributed by atoms with Gasteiger partial charge < -0.3 is 0 Å². The molecule has 1 saturated carbocycles. The molecule has 0 amide bonds. The van der Waals surface area contributed by atoms with Crippen molar-refractivity contribution < 1.29 is 13.2 Å². The van der Waals surface area contributed by atoms with Crippen LogP contribution in [0, 0.1) is 19.8 Å². The molecular formula is C18H19NO3S. The number of aryl methyl sites for hydroxylation is 2. The van der Waals surface area contributed by atoms with Crippen molar-refractivity contribution in [2.75, 3.05) is 4.72 Å². The van der Waals surface area contributed by atoms with Gasteiger partial charge in [-0.3, -0.25) is 9.52 Å². The van der Waals surface area contributed by atoms with Gasteiger partial charge in [0.2, 0.25) is 0 Å². The maximum atomic E-state index is 12.5. The van der Waals surface area contributed by atoms with Crippen LogP contribution in [0.5, 0.6) is 0 Å². The molecule has 0 radical (unpaired) electrons. The van der Waals surface area contributed by atoms with E-state index in [1.807, 2.05) is 13.0 Å². The van der Waals surface area contributed by atoms with Crippen LogP contribution in [0.4, 0.5) is 5.69 Å². The summed E-state index contributed by atoms with van der Waals surface area (Å²) in [4.78, 5) is 12.2. The lowest BCUT2D eigenvalue weighted by Crippen LogP contribution is -2.14. The average molecular weight is 329 g/mol. The third-order valence-electron chi connectivity index (χ3n) is 3.99. The second kappa shape index (κ2) is 5.81. The van der Waals surface area contributed by atoms with Crippen LogP contribution in [0.3, 0.4) is 0 Å². The maximum Gasteiger partial charge on any atom is 0.262 e. The van der Waals surface area contributed by atoms with E-state index in [1.165, 1.54) is 0 Å². The normalized spacial score (nSPS) is 14.5. The summed E-state index contributed by atoms with van der Waals surface area (Å²) in [5.74, 6) is 0.307. The first-order chi connectivity index (χ1) is 10.9. The Kier molecular flexibility index (Phi) is 3.98. The Morgan fingerprint density at radius 2 is 1.70 bits per heavy atom.